The van der Waals surface area contributed by atoms with Crippen molar-refractivity contribution in [1.82, 2.24) is 15.1 Å². The van der Waals surface area contributed by atoms with E-state index in [0.29, 0.717) is 26.1 Å². The molecule has 7 nitrogen and oxygen atoms in total. The zero-order valence-electron chi connectivity index (χ0n) is 13.5. The van der Waals surface area contributed by atoms with Crippen LogP contribution in [0.2, 0.25) is 0 Å². The molecular formula is C14H28N4O3S. The molecule has 3 amide bonds. The molecule has 0 aliphatic carbocycles. The number of hydrogen-bond acceptors (Lipinski definition) is 5. The number of carbonyl (C=O) groups is 2. The zero-order valence-corrected chi connectivity index (χ0v) is 14.3. The largest absolute Gasteiger partial charge is 0.392 e. The lowest BCUT2D eigenvalue weighted by molar-refractivity contribution is -0.135. The Kier molecular flexibility index (Phi) is 8.59. The van der Waals surface area contributed by atoms with Crippen molar-refractivity contribution in [2.45, 2.75) is 31.9 Å². The first-order chi connectivity index (χ1) is 10.5. The van der Waals surface area contributed by atoms with Gasteiger partial charge in [-0.05, 0) is 24.9 Å². The van der Waals surface area contributed by atoms with Gasteiger partial charge in [-0.15, -0.1) is 0 Å². The van der Waals surface area contributed by atoms with Crippen LogP contribution in [0.15, 0.2) is 0 Å². The monoisotopic (exact) mass is 332 g/mol. The van der Waals surface area contributed by atoms with Crippen LogP contribution >= 0.6 is 11.8 Å². The Morgan fingerprint density at radius 1 is 1.32 bits per heavy atom. The molecule has 1 saturated heterocycles. The molecule has 128 valence electrons. The number of carbonyl (C=O) groups excluding carboxylic acids is 2. The summed E-state index contributed by atoms with van der Waals surface area (Å²) in [7, 11) is 0. The Bertz CT molecular complexity index is 362. The first-order valence-corrected chi connectivity index (χ1v) is 9.11. The van der Waals surface area contributed by atoms with E-state index in [0.717, 1.165) is 25.3 Å². The molecule has 1 heterocycles. The minimum Gasteiger partial charge on any atom is -0.392 e. The number of piperazine rings is 1. The topological polar surface area (TPSA) is 98.9 Å². The molecule has 0 radical (unpaired) electrons. The molecule has 1 unspecified atom stereocenters. The highest BCUT2D eigenvalue weighted by atomic mass is 32.2. The third kappa shape index (κ3) is 6.41. The highest BCUT2D eigenvalue weighted by molar-refractivity contribution is 7.98. The van der Waals surface area contributed by atoms with Gasteiger partial charge in [0.05, 0.1) is 6.10 Å². The maximum absolute atomic E-state index is 12.5. The summed E-state index contributed by atoms with van der Waals surface area (Å²) in [5.74, 6) is 0.725. The third-order valence-corrected chi connectivity index (χ3v) is 4.49. The second-order valence-electron chi connectivity index (χ2n) is 5.53. The van der Waals surface area contributed by atoms with E-state index in [1.807, 2.05) is 13.2 Å². The van der Waals surface area contributed by atoms with E-state index in [4.69, 9.17) is 5.73 Å². The standard InChI is InChI=1S/C14H28N4O3S/c1-3-11(19)10-17-5-7-18(8-6-17)13(20)12(4-9-22-2)16-14(15)21/h11-12,19H,3-10H2,1-2H3,(H3,15,16,21)/t11?,12-/m0/s1. The quantitative estimate of drug-likeness (QED) is 0.566. The molecule has 0 aromatic rings. The third-order valence-electron chi connectivity index (χ3n) is 3.85. The number of nitrogens with one attached hydrogen (secondary N) is 1. The van der Waals surface area contributed by atoms with Gasteiger partial charge in [0.15, 0.2) is 0 Å². The van der Waals surface area contributed by atoms with E-state index >= 15 is 0 Å². The van der Waals surface area contributed by atoms with Gasteiger partial charge < -0.3 is 21.1 Å². The summed E-state index contributed by atoms with van der Waals surface area (Å²) in [6.45, 7) is 5.32. The van der Waals surface area contributed by atoms with Crippen molar-refractivity contribution in [1.29, 1.82) is 0 Å². The highest BCUT2D eigenvalue weighted by Crippen LogP contribution is 2.09. The normalized spacial score (nSPS) is 18.8. The lowest BCUT2D eigenvalue weighted by atomic mass is 10.1. The fraction of sp³-hybridized carbons (Fsp3) is 0.857. The van der Waals surface area contributed by atoms with Gasteiger partial charge in [-0.2, -0.15) is 11.8 Å². The van der Waals surface area contributed by atoms with Gasteiger partial charge in [0, 0.05) is 32.7 Å². The van der Waals surface area contributed by atoms with Crippen LogP contribution in [0.1, 0.15) is 19.8 Å². The summed E-state index contributed by atoms with van der Waals surface area (Å²) >= 11 is 1.63. The van der Waals surface area contributed by atoms with Crippen LogP contribution in [0.5, 0.6) is 0 Å². The summed E-state index contributed by atoms with van der Waals surface area (Å²) in [6.07, 6.45) is 2.97. The van der Waals surface area contributed by atoms with Gasteiger partial charge in [-0.3, -0.25) is 9.69 Å². The highest BCUT2D eigenvalue weighted by Gasteiger charge is 2.28. The van der Waals surface area contributed by atoms with Gasteiger partial charge in [-0.1, -0.05) is 6.92 Å². The number of urea groups is 1. The van der Waals surface area contributed by atoms with Crippen molar-refractivity contribution in [3.05, 3.63) is 0 Å². The average Bonchev–Trinajstić information content (AvgIpc) is 2.51. The average molecular weight is 332 g/mol. The first kappa shape index (κ1) is 19.1. The van der Waals surface area contributed by atoms with E-state index in [2.05, 4.69) is 10.2 Å². The maximum atomic E-state index is 12.5. The molecule has 0 spiro atoms. The molecule has 4 N–H and O–H groups in total. The molecule has 1 aliphatic heterocycles. The molecule has 1 fully saturated rings. The van der Waals surface area contributed by atoms with Crippen molar-refractivity contribution in [3.63, 3.8) is 0 Å². The predicted molar refractivity (Wildman–Crippen MR) is 88.8 cm³/mol. The Morgan fingerprint density at radius 3 is 2.45 bits per heavy atom. The Morgan fingerprint density at radius 2 is 1.95 bits per heavy atom. The second-order valence-corrected chi connectivity index (χ2v) is 6.52. The fourth-order valence-electron chi connectivity index (χ4n) is 2.46. The van der Waals surface area contributed by atoms with Crippen LogP contribution in [0.4, 0.5) is 4.79 Å². The molecule has 1 aliphatic rings. The number of hydrogen-bond donors (Lipinski definition) is 3. The van der Waals surface area contributed by atoms with Crippen molar-refractivity contribution in [3.8, 4) is 0 Å². The molecule has 8 heteroatoms. The molecule has 0 saturated carbocycles. The smallest absolute Gasteiger partial charge is 0.312 e. The Labute approximate surface area is 136 Å². The molecule has 22 heavy (non-hydrogen) atoms. The predicted octanol–water partition coefficient (Wildman–Crippen LogP) is -0.308. The first-order valence-electron chi connectivity index (χ1n) is 7.72. The molecule has 0 bridgehead atoms. The summed E-state index contributed by atoms with van der Waals surface area (Å²) in [4.78, 5) is 27.5. The van der Waals surface area contributed by atoms with Crippen LogP contribution in [0.3, 0.4) is 0 Å². The van der Waals surface area contributed by atoms with Crippen molar-refractivity contribution in [2.24, 2.45) is 5.73 Å². The second kappa shape index (κ2) is 9.91. The number of amides is 3. The number of rotatable bonds is 8. The van der Waals surface area contributed by atoms with E-state index in [-0.39, 0.29) is 12.0 Å². The maximum Gasteiger partial charge on any atom is 0.312 e. The number of aliphatic hydroxyl groups is 1. The van der Waals surface area contributed by atoms with Gasteiger partial charge in [0.25, 0.3) is 0 Å². The van der Waals surface area contributed by atoms with Crippen LogP contribution in [-0.4, -0.2) is 83.7 Å². The summed E-state index contributed by atoms with van der Waals surface area (Å²) in [5.41, 5.74) is 5.16. The minimum absolute atomic E-state index is 0.0662. The number of aliphatic hydroxyl groups excluding tert-OH is 1. The lowest BCUT2D eigenvalue weighted by Gasteiger charge is -2.37. The summed E-state index contributed by atoms with van der Waals surface area (Å²) < 4.78 is 0. The molecule has 2 atom stereocenters. The van der Waals surface area contributed by atoms with Crippen LogP contribution < -0.4 is 11.1 Å². The summed E-state index contributed by atoms with van der Waals surface area (Å²) in [6, 6.07) is -1.21. The molecule has 0 aromatic carbocycles. The van der Waals surface area contributed by atoms with Gasteiger partial charge in [0.1, 0.15) is 6.04 Å². The number of β-amino-alcohol motifs (C(OH)–C–C–N with tert-alkyl or cyclic N) is 1. The summed E-state index contributed by atoms with van der Waals surface area (Å²) in [5, 5.41) is 12.2. The van der Waals surface area contributed by atoms with Gasteiger partial charge in [0.2, 0.25) is 5.91 Å². The van der Waals surface area contributed by atoms with Crippen molar-refractivity contribution >= 4 is 23.7 Å². The van der Waals surface area contributed by atoms with E-state index in [9.17, 15) is 14.7 Å². The van der Waals surface area contributed by atoms with Crippen molar-refractivity contribution < 1.29 is 14.7 Å². The minimum atomic E-state index is -0.663. The molecular weight excluding hydrogens is 304 g/mol. The molecule has 1 rings (SSSR count). The van der Waals surface area contributed by atoms with E-state index in [1.54, 1.807) is 16.7 Å². The Balaban J connectivity index is 2.48. The Hall–Kier alpha value is -0.990. The van der Waals surface area contributed by atoms with Crippen molar-refractivity contribution in [2.75, 3.05) is 44.7 Å². The number of thioether (sulfide) groups is 1. The number of primary amides is 1. The number of nitrogens with zero attached hydrogens (tertiary/aromatic N) is 2. The van der Waals surface area contributed by atoms with Crippen LogP contribution in [-0.2, 0) is 4.79 Å². The molecule has 0 aromatic heterocycles. The number of nitrogens with two attached hydrogens (primary N) is 1. The fourth-order valence-corrected chi connectivity index (χ4v) is 2.93. The van der Waals surface area contributed by atoms with Gasteiger partial charge in [-0.25, -0.2) is 4.79 Å². The lowest BCUT2D eigenvalue weighted by Crippen LogP contribution is -2.56. The van der Waals surface area contributed by atoms with E-state index in [1.165, 1.54) is 0 Å². The van der Waals surface area contributed by atoms with E-state index < -0.39 is 12.1 Å². The van der Waals surface area contributed by atoms with Crippen LogP contribution in [0.25, 0.3) is 0 Å². The van der Waals surface area contributed by atoms with Crippen LogP contribution in [0, 0.1) is 0 Å². The zero-order chi connectivity index (χ0) is 16.5. The van der Waals surface area contributed by atoms with Gasteiger partial charge >= 0.3 is 6.03 Å². The SMILES string of the molecule is CCC(O)CN1CCN(C(=O)[C@H](CCSC)NC(N)=O)CC1.